The van der Waals surface area contributed by atoms with Gasteiger partial charge < -0.3 is 29.4 Å². The van der Waals surface area contributed by atoms with Crippen molar-refractivity contribution in [2.75, 3.05) is 33.5 Å². The summed E-state index contributed by atoms with van der Waals surface area (Å²) in [6.45, 7) is -0.0653. The number of likely N-dealkylation sites (N-methyl/N-ethyl adjacent to an activating group) is 1. The monoisotopic (exact) mass is 530 g/mol. The van der Waals surface area contributed by atoms with Crippen molar-refractivity contribution in [3.8, 4) is 0 Å². The van der Waals surface area contributed by atoms with Gasteiger partial charge in [-0.15, -0.1) is 0 Å². The fourth-order valence-electron chi connectivity index (χ4n) is 3.32. The summed E-state index contributed by atoms with van der Waals surface area (Å²) in [4.78, 5) is 59.3. The van der Waals surface area contributed by atoms with Gasteiger partial charge in [0.25, 0.3) is 11.5 Å². The molecule has 1 aromatic carbocycles. The lowest BCUT2D eigenvalue weighted by Crippen LogP contribution is -2.37. The average Bonchev–Trinajstić information content (AvgIpc) is 3.23. The number of aromatic nitrogens is 3. The Bertz CT molecular complexity index is 1390. The van der Waals surface area contributed by atoms with Crippen LogP contribution in [0.2, 0.25) is 0 Å². The molecule has 0 saturated carbocycles. The first-order valence-corrected chi connectivity index (χ1v) is 11.6. The van der Waals surface area contributed by atoms with Crippen LogP contribution in [0.4, 0.5) is 19.3 Å². The topological polar surface area (TPSA) is 130 Å². The molecule has 0 fully saturated rings. The number of fused-ring (bicyclic) bond motifs is 1. The number of allylic oxidation sites excluding steroid dienone is 1. The number of nitrogens with zero attached hydrogens (tertiary/aromatic N) is 4. The van der Waals surface area contributed by atoms with Gasteiger partial charge in [-0.1, -0.05) is 6.08 Å². The molecule has 13 heteroatoms. The van der Waals surface area contributed by atoms with E-state index in [1.165, 1.54) is 48.0 Å². The SMILES string of the molecule is CN(C)C(=O)/C=C/CC[C@H](OC(=O)N(C)C)C(=O)Nc1cccn(Cc2nc3cc(F)c(F)cc3[nH]2)c1=O. The zero-order valence-electron chi connectivity index (χ0n) is 21.3. The van der Waals surface area contributed by atoms with Gasteiger partial charge in [-0.05, 0) is 31.1 Å². The summed E-state index contributed by atoms with van der Waals surface area (Å²) in [7, 11) is 6.12. The van der Waals surface area contributed by atoms with E-state index in [1.807, 2.05) is 0 Å². The summed E-state index contributed by atoms with van der Waals surface area (Å²) in [5.41, 5.74) is -0.186. The Kier molecular flexibility index (Phi) is 8.94. The Morgan fingerprint density at radius 1 is 1.16 bits per heavy atom. The molecule has 0 aliphatic carbocycles. The Hall–Kier alpha value is -4.55. The van der Waals surface area contributed by atoms with E-state index in [0.717, 1.165) is 17.0 Å². The van der Waals surface area contributed by atoms with Crippen molar-refractivity contribution in [2.45, 2.75) is 25.5 Å². The average molecular weight is 531 g/mol. The van der Waals surface area contributed by atoms with Crippen LogP contribution in [0.5, 0.6) is 0 Å². The van der Waals surface area contributed by atoms with Crippen molar-refractivity contribution in [3.05, 3.63) is 70.4 Å². The molecule has 0 aliphatic heterocycles. The number of benzene rings is 1. The van der Waals surface area contributed by atoms with E-state index in [-0.39, 0.29) is 47.8 Å². The summed E-state index contributed by atoms with van der Waals surface area (Å²) in [5, 5.41) is 2.49. The van der Waals surface area contributed by atoms with Crippen molar-refractivity contribution in [2.24, 2.45) is 0 Å². The number of pyridine rings is 1. The molecule has 0 spiro atoms. The highest BCUT2D eigenvalue weighted by atomic mass is 19.2. The molecule has 0 saturated heterocycles. The first kappa shape index (κ1) is 28.0. The van der Waals surface area contributed by atoms with Gasteiger partial charge in [0.1, 0.15) is 11.5 Å². The minimum absolute atomic E-state index is 0.0652. The molecular formula is C25H28F2N6O5. The van der Waals surface area contributed by atoms with Crippen LogP contribution < -0.4 is 10.9 Å². The predicted molar refractivity (Wildman–Crippen MR) is 135 cm³/mol. The van der Waals surface area contributed by atoms with Crippen LogP contribution in [-0.2, 0) is 20.9 Å². The number of halogens is 2. The lowest BCUT2D eigenvalue weighted by Gasteiger charge is -2.19. The Labute approximate surface area is 216 Å². The number of carbonyl (C=O) groups excluding carboxylic acids is 3. The Balaban J connectivity index is 1.76. The molecule has 0 radical (unpaired) electrons. The molecule has 1 atom stereocenters. The van der Waals surface area contributed by atoms with E-state index in [2.05, 4.69) is 15.3 Å². The van der Waals surface area contributed by atoms with E-state index in [9.17, 15) is 28.0 Å². The molecule has 38 heavy (non-hydrogen) atoms. The molecule has 0 bridgehead atoms. The summed E-state index contributed by atoms with van der Waals surface area (Å²) in [6.07, 6.45) is 2.70. The summed E-state index contributed by atoms with van der Waals surface area (Å²) < 4.78 is 33.5. The number of hydrogen-bond acceptors (Lipinski definition) is 6. The summed E-state index contributed by atoms with van der Waals surface area (Å²) in [6, 6.07) is 4.84. The molecule has 202 valence electrons. The van der Waals surface area contributed by atoms with Gasteiger partial charge in [-0.3, -0.25) is 14.4 Å². The molecule has 0 unspecified atom stereocenters. The zero-order valence-corrected chi connectivity index (χ0v) is 21.3. The molecule has 2 heterocycles. The third-order valence-electron chi connectivity index (χ3n) is 5.37. The predicted octanol–water partition coefficient (Wildman–Crippen LogP) is 2.48. The van der Waals surface area contributed by atoms with Gasteiger partial charge in [0, 0.05) is 46.5 Å². The van der Waals surface area contributed by atoms with Gasteiger partial charge in [-0.2, -0.15) is 0 Å². The van der Waals surface area contributed by atoms with E-state index in [4.69, 9.17) is 4.74 Å². The summed E-state index contributed by atoms with van der Waals surface area (Å²) >= 11 is 0. The van der Waals surface area contributed by atoms with Crippen molar-refractivity contribution in [1.29, 1.82) is 0 Å². The van der Waals surface area contributed by atoms with Crippen molar-refractivity contribution in [3.63, 3.8) is 0 Å². The molecule has 2 aromatic heterocycles. The van der Waals surface area contributed by atoms with Crippen LogP contribution in [0.3, 0.4) is 0 Å². The molecule has 3 aromatic rings. The van der Waals surface area contributed by atoms with Gasteiger partial charge in [-0.25, -0.2) is 18.6 Å². The van der Waals surface area contributed by atoms with Gasteiger partial charge >= 0.3 is 6.09 Å². The number of H-pyrrole nitrogens is 1. The maximum absolute atomic E-state index is 13.5. The van der Waals surface area contributed by atoms with Crippen LogP contribution in [0, 0.1) is 11.6 Å². The molecule has 3 rings (SSSR count). The number of anilines is 1. The standard InChI is InChI=1S/C25H28F2N6O5/c1-31(2)22(34)10-6-5-9-20(38-25(37)32(3)4)23(35)30-17-8-7-11-33(24(17)36)14-21-28-18-12-15(26)16(27)13-19(18)29-21/h6-8,10-13,20H,5,9,14H2,1-4H3,(H,28,29)(H,30,35)/b10-6+/t20-/m0/s1. The number of aromatic amines is 1. The van der Waals surface area contributed by atoms with E-state index in [0.29, 0.717) is 0 Å². The number of amides is 3. The van der Waals surface area contributed by atoms with Crippen LogP contribution in [0.25, 0.3) is 11.0 Å². The number of carbonyl (C=O) groups is 3. The second kappa shape index (κ2) is 12.1. The number of ether oxygens (including phenoxy) is 1. The molecule has 2 N–H and O–H groups in total. The van der Waals surface area contributed by atoms with Crippen LogP contribution >= 0.6 is 0 Å². The first-order valence-electron chi connectivity index (χ1n) is 11.6. The highest BCUT2D eigenvalue weighted by Gasteiger charge is 2.24. The maximum atomic E-state index is 13.5. The van der Waals surface area contributed by atoms with E-state index < -0.39 is 35.3 Å². The van der Waals surface area contributed by atoms with Gasteiger partial charge in [0.2, 0.25) is 5.91 Å². The number of hydrogen-bond donors (Lipinski definition) is 2. The fourth-order valence-corrected chi connectivity index (χ4v) is 3.32. The largest absolute Gasteiger partial charge is 0.436 e. The normalized spacial score (nSPS) is 11.9. The fraction of sp³-hybridized carbons (Fsp3) is 0.320. The molecular weight excluding hydrogens is 502 g/mol. The summed E-state index contributed by atoms with van der Waals surface area (Å²) in [5.74, 6) is -2.76. The molecule has 11 nitrogen and oxygen atoms in total. The zero-order chi connectivity index (χ0) is 28.0. The lowest BCUT2D eigenvalue weighted by atomic mass is 10.1. The minimum Gasteiger partial charge on any atom is -0.436 e. The van der Waals surface area contributed by atoms with Crippen molar-refractivity contribution < 1.29 is 27.9 Å². The Morgan fingerprint density at radius 2 is 1.87 bits per heavy atom. The third kappa shape index (κ3) is 7.02. The van der Waals surface area contributed by atoms with E-state index in [1.54, 1.807) is 20.2 Å². The minimum atomic E-state index is -1.24. The second-order valence-electron chi connectivity index (χ2n) is 8.79. The highest BCUT2D eigenvalue weighted by molar-refractivity contribution is 5.95. The number of rotatable bonds is 9. The van der Waals surface area contributed by atoms with Crippen LogP contribution in [0.1, 0.15) is 18.7 Å². The lowest BCUT2D eigenvalue weighted by molar-refractivity contribution is -0.125. The first-order chi connectivity index (χ1) is 18.0. The third-order valence-corrected chi connectivity index (χ3v) is 5.37. The van der Waals surface area contributed by atoms with E-state index >= 15 is 0 Å². The van der Waals surface area contributed by atoms with Crippen LogP contribution in [-0.4, -0.2) is 76.5 Å². The quantitative estimate of drug-likeness (QED) is 0.409. The number of nitrogens with one attached hydrogen (secondary N) is 2. The van der Waals surface area contributed by atoms with Gasteiger partial charge in [0.05, 0.1) is 17.6 Å². The smallest absolute Gasteiger partial charge is 0.410 e. The molecule has 3 amide bonds. The second-order valence-corrected chi connectivity index (χ2v) is 8.79. The van der Waals surface area contributed by atoms with Crippen molar-refractivity contribution in [1.82, 2.24) is 24.3 Å². The van der Waals surface area contributed by atoms with Crippen molar-refractivity contribution >= 4 is 34.6 Å². The highest BCUT2D eigenvalue weighted by Crippen LogP contribution is 2.17. The maximum Gasteiger partial charge on any atom is 0.410 e. The number of imidazole rings is 1. The van der Waals surface area contributed by atoms with Gasteiger partial charge in [0.15, 0.2) is 17.7 Å². The Morgan fingerprint density at radius 3 is 2.55 bits per heavy atom. The molecule has 0 aliphatic rings. The van der Waals surface area contributed by atoms with Crippen LogP contribution in [0.15, 0.2) is 47.4 Å².